The van der Waals surface area contributed by atoms with Crippen LogP contribution in [0.2, 0.25) is 0 Å². The van der Waals surface area contributed by atoms with Crippen LogP contribution in [0.5, 0.6) is 0 Å². The number of aliphatic hydroxyl groups excluding tert-OH is 1. The van der Waals surface area contributed by atoms with E-state index in [9.17, 15) is 5.11 Å². The van der Waals surface area contributed by atoms with Crippen LogP contribution < -0.4 is 5.32 Å². The van der Waals surface area contributed by atoms with Gasteiger partial charge < -0.3 is 10.4 Å². The van der Waals surface area contributed by atoms with E-state index in [1.807, 2.05) is 26.0 Å². The highest BCUT2D eigenvalue weighted by molar-refractivity contribution is 9.10. The Morgan fingerprint density at radius 1 is 1.19 bits per heavy atom. The van der Waals surface area contributed by atoms with E-state index in [0.717, 1.165) is 4.47 Å². The van der Waals surface area contributed by atoms with Gasteiger partial charge in [-0.1, -0.05) is 41.9 Å². The lowest BCUT2D eigenvalue weighted by Crippen LogP contribution is -2.32. The summed E-state index contributed by atoms with van der Waals surface area (Å²) in [6.07, 6.45) is -0.280. The molecule has 0 bridgehead atoms. The molecule has 1 rings (SSSR count). The van der Waals surface area contributed by atoms with Crippen molar-refractivity contribution in [3.05, 3.63) is 34.3 Å². The van der Waals surface area contributed by atoms with Crippen LogP contribution in [0.3, 0.4) is 0 Å². The van der Waals surface area contributed by atoms with Crippen molar-refractivity contribution in [2.45, 2.75) is 32.9 Å². The van der Waals surface area contributed by atoms with Crippen molar-refractivity contribution in [1.82, 2.24) is 5.32 Å². The summed E-state index contributed by atoms with van der Waals surface area (Å²) in [7, 11) is 0. The molecule has 0 heterocycles. The first-order valence-corrected chi connectivity index (χ1v) is 6.47. The normalized spacial score (nSPS) is 15.1. The van der Waals surface area contributed by atoms with E-state index in [4.69, 9.17) is 0 Å². The molecule has 3 heteroatoms. The Kier molecular flexibility index (Phi) is 5.46. The Labute approximate surface area is 106 Å². The summed E-state index contributed by atoms with van der Waals surface area (Å²) in [5, 5.41) is 13.0. The molecule has 0 aliphatic heterocycles. The molecule has 2 nitrogen and oxygen atoms in total. The van der Waals surface area contributed by atoms with Gasteiger partial charge in [-0.05, 0) is 30.5 Å². The van der Waals surface area contributed by atoms with Crippen LogP contribution in [-0.2, 0) is 0 Å². The number of benzene rings is 1. The van der Waals surface area contributed by atoms with Gasteiger partial charge >= 0.3 is 0 Å². The van der Waals surface area contributed by atoms with Crippen molar-refractivity contribution in [3.8, 4) is 0 Å². The van der Waals surface area contributed by atoms with E-state index in [2.05, 4.69) is 40.3 Å². The zero-order chi connectivity index (χ0) is 12.1. The molecule has 0 aliphatic rings. The van der Waals surface area contributed by atoms with Crippen molar-refractivity contribution < 1.29 is 5.11 Å². The Bertz CT molecular complexity index is 310. The van der Waals surface area contributed by atoms with E-state index in [1.54, 1.807) is 0 Å². The van der Waals surface area contributed by atoms with Gasteiger partial charge in [-0.15, -0.1) is 0 Å². The number of aliphatic hydroxyl groups is 1. The molecule has 0 spiro atoms. The summed E-state index contributed by atoms with van der Waals surface area (Å²) in [5.74, 6) is 0.296. The van der Waals surface area contributed by atoms with Crippen LogP contribution in [0, 0.1) is 5.92 Å². The van der Waals surface area contributed by atoms with Crippen molar-refractivity contribution in [3.63, 3.8) is 0 Å². The zero-order valence-corrected chi connectivity index (χ0v) is 11.7. The van der Waals surface area contributed by atoms with Gasteiger partial charge in [0, 0.05) is 17.1 Å². The SMILES string of the molecule is CC(NCC(O)C(C)C)c1ccc(Br)cc1. The quantitative estimate of drug-likeness (QED) is 0.871. The highest BCUT2D eigenvalue weighted by Crippen LogP contribution is 2.16. The van der Waals surface area contributed by atoms with Crippen LogP contribution in [0.4, 0.5) is 0 Å². The van der Waals surface area contributed by atoms with Gasteiger partial charge in [0.1, 0.15) is 0 Å². The third-order valence-corrected chi connectivity index (χ3v) is 3.30. The van der Waals surface area contributed by atoms with Gasteiger partial charge in [0.2, 0.25) is 0 Å². The standard InChI is InChI=1S/C13H20BrNO/c1-9(2)13(16)8-15-10(3)11-4-6-12(14)7-5-11/h4-7,9-10,13,15-16H,8H2,1-3H3. The summed E-state index contributed by atoms with van der Waals surface area (Å²) in [4.78, 5) is 0. The second kappa shape index (κ2) is 6.38. The van der Waals surface area contributed by atoms with E-state index in [0.29, 0.717) is 12.5 Å². The van der Waals surface area contributed by atoms with E-state index in [-0.39, 0.29) is 12.1 Å². The van der Waals surface area contributed by atoms with Crippen LogP contribution in [0.15, 0.2) is 28.7 Å². The average molecular weight is 286 g/mol. The zero-order valence-electron chi connectivity index (χ0n) is 10.1. The fraction of sp³-hybridized carbons (Fsp3) is 0.538. The minimum Gasteiger partial charge on any atom is -0.392 e. The molecular formula is C13H20BrNO. The number of halogens is 1. The maximum Gasteiger partial charge on any atom is 0.0687 e. The van der Waals surface area contributed by atoms with Crippen molar-refractivity contribution in [2.24, 2.45) is 5.92 Å². The van der Waals surface area contributed by atoms with Crippen molar-refractivity contribution in [1.29, 1.82) is 0 Å². The van der Waals surface area contributed by atoms with Gasteiger partial charge in [-0.3, -0.25) is 0 Å². The predicted octanol–water partition coefficient (Wildman–Crippen LogP) is 3.12. The maximum atomic E-state index is 9.70. The highest BCUT2D eigenvalue weighted by atomic mass is 79.9. The number of hydrogen-bond acceptors (Lipinski definition) is 2. The van der Waals surface area contributed by atoms with Crippen LogP contribution >= 0.6 is 15.9 Å². The molecule has 0 amide bonds. The second-order valence-electron chi connectivity index (χ2n) is 4.49. The molecular weight excluding hydrogens is 266 g/mol. The summed E-state index contributed by atoms with van der Waals surface area (Å²) < 4.78 is 1.09. The molecule has 0 aromatic heterocycles. The van der Waals surface area contributed by atoms with Crippen LogP contribution in [-0.4, -0.2) is 17.8 Å². The molecule has 2 atom stereocenters. The fourth-order valence-corrected chi connectivity index (χ4v) is 1.67. The lowest BCUT2D eigenvalue weighted by atomic mass is 10.1. The number of hydrogen-bond donors (Lipinski definition) is 2. The molecule has 0 saturated heterocycles. The smallest absolute Gasteiger partial charge is 0.0687 e. The fourth-order valence-electron chi connectivity index (χ4n) is 1.40. The monoisotopic (exact) mass is 285 g/mol. The Balaban J connectivity index is 2.46. The summed E-state index contributed by atoms with van der Waals surface area (Å²) >= 11 is 3.42. The lowest BCUT2D eigenvalue weighted by molar-refractivity contribution is 0.120. The molecule has 2 unspecified atom stereocenters. The summed E-state index contributed by atoms with van der Waals surface area (Å²) in [6.45, 7) is 6.79. The van der Waals surface area contributed by atoms with Crippen molar-refractivity contribution >= 4 is 15.9 Å². The van der Waals surface area contributed by atoms with Gasteiger partial charge in [0.05, 0.1) is 6.10 Å². The molecule has 0 aliphatic carbocycles. The lowest BCUT2D eigenvalue weighted by Gasteiger charge is -2.19. The molecule has 2 N–H and O–H groups in total. The first kappa shape index (κ1) is 13.7. The predicted molar refractivity (Wildman–Crippen MR) is 71.4 cm³/mol. The second-order valence-corrected chi connectivity index (χ2v) is 5.41. The van der Waals surface area contributed by atoms with Gasteiger partial charge in [0.15, 0.2) is 0 Å². The molecule has 0 radical (unpaired) electrons. The highest BCUT2D eigenvalue weighted by Gasteiger charge is 2.11. The minimum absolute atomic E-state index is 0.265. The third-order valence-electron chi connectivity index (χ3n) is 2.77. The molecule has 1 aromatic rings. The van der Waals surface area contributed by atoms with E-state index in [1.165, 1.54) is 5.56 Å². The first-order chi connectivity index (χ1) is 7.50. The summed E-state index contributed by atoms with van der Waals surface area (Å²) in [5.41, 5.74) is 1.24. The molecule has 16 heavy (non-hydrogen) atoms. The molecule has 0 fully saturated rings. The van der Waals surface area contributed by atoms with Crippen LogP contribution in [0.25, 0.3) is 0 Å². The molecule has 1 aromatic carbocycles. The molecule has 0 saturated carbocycles. The van der Waals surface area contributed by atoms with Gasteiger partial charge in [-0.25, -0.2) is 0 Å². The Hall–Kier alpha value is -0.380. The Morgan fingerprint density at radius 2 is 1.75 bits per heavy atom. The van der Waals surface area contributed by atoms with E-state index >= 15 is 0 Å². The largest absolute Gasteiger partial charge is 0.392 e. The number of rotatable bonds is 5. The first-order valence-electron chi connectivity index (χ1n) is 5.67. The van der Waals surface area contributed by atoms with Gasteiger partial charge in [0.25, 0.3) is 0 Å². The Morgan fingerprint density at radius 3 is 2.25 bits per heavy atom. The van der Waals surface area contributed by atoms with Gasteiger partial charge in [-0.2, -0.15) is 0 Å². The maximum absolute atomic E-state index is 9.70. The summed E-state index contributed by atoms with van der Waals surface area (Å²) in [6, 6.07) is 8.51. The van der Waals surface area contributed by atoms with Crippen molar-refractivity contribution in [2.75, 3.05) is 6.54 Å². The van der Waals surface area contributed by atoms with E-state index < -0.39 is 0 Å². The number of nitrogens with one attached hydrogen (secondary N) is 1. The molecule has 90 valence electrons. The topological polar surface area (TPSA) is 32.3 Å². The third kappa shape index (κ3) is 4.24. The van der Waals surface area contributed by atoms with Crippen LogP contribution in [0.1, 0.15) is 32.4 Å². The average Bonchev–Trinajstić information content (AvgIpc) is 2.26. The minimum atomic E-state index is -0.280.